The molecule has 0 amide bonds. The molecule has 2 aromatic rings. The topological polar surface area (TPSA) is 48.1 Å². The van der Waals surface area contributed by atoms with E-state index < -0.39 is 0 Å². The lowest BCUT2D eigenvalue weighted by Gasteiger charge is -2.09. The highest BCUT2D eigenvalue weighted by molar-refractivity contribution is 7.98. The summed E-state index contributed by atoms with van der Waals surface area (Å²) in [7, 11) is 0. The van der Waals surface area contributed by atoms with Gasteiger partial charge in [-0.2, -0.15) is 0 Å². The minimum atomic E-state index is 0.363. The maximum absolute atomic E-state index is 6.00. The summed E-state index contributed by atoms with van der Waals surface area (Å²) in [4.78, 5) is 5.09. The number of aromatic nitrogens is 1. The monoisotopic (exact) mass is 266 g/mol. The molecular formula is C12H11ClN2OS. The molecule has 0 saturated heterocycles. The molecule has 1 aromatic heterocycles. The summed E-state index contributed by atoms with van der Waals surface area (Å²) >= 11 is 7.60. The second-order valence-corrected chi connectivity index (χ2v) is 4.56. The number of hydrogen-bond donors (Lipinski definition) is 1. The predicted octanol–water partition coefficient (Wildman–Crippen LogP) is 3.83. The Labute approximate surface area is 109 Å². The van der Waals surface area contributed by atoms with Gasteiger partial charge in [0.1, 0.15) is 10.8 Å². The molecule has 0 aliphatic carbocycles. The summed E-state index contributed by atoms with van der Waals surface area (Å²) in [6, 6.07) is 9.33. The SMILES string of the molecule is CSc1ccccc1Oc1ncc(N)cc1Cl. The van der Waals surface area contributed by atoms with E-state index in [0.717, 1.165) is 10.6 Å². The molecule has 0 aliphatic heterocycles. The number of nitrogens with zero attached hydrogens (tertiary/aromatic N) is 1. The van der Waals surface area contributed by atoms with Gasteiger partial charge < -0.3 is 10.5 Å². The van der Waals surface area contributed by atoms with E-state index in [1.165, 1.54) is 6.20 Å². The van der Waals surface area contributed by atoms with Gasteiger partial charge in [0.05, 0.1) is 11.9 Å². The van der Waals surface area contributed by atoms with E-state index in [9.17, 15) is 0 Å². The molecule has 0 saturated carbocycles. The Morgan fingerprint density at radius 1 is 1.35 bits per heavy atom. The summed E-state index contributed by atoms with van der Waals surface area (Å²) in [6.45, 7) is 0. The van der Waals surface area contributed by atoms with Gasteiger partial charge in [0.15, 0.2) is 0 Å². The lowest BCUT2D eigenvalue weighted by molar-refractivity contribution is 0.453. The standard InChI is InChI=1S/C12H11ClN2OS/c1-17-11-5-3-2-4-10(11)16-12-9(13)6-8(14)7-15-12/h2-7H,14H2,1H3. The first-order valence-electron chi connectivity index (χ1n) is 4.92. The second-order valence-electron chi connectivity index (χ2n) is 3.31. The number of nitrogen functional groups attached to an aromatic ring is 1. The molecule has 2 rings (SSSR count). The van der Waals surface area contributed by atoms with E-state index in [1.807, 2.05) is 30.5 Å². The minimum Gasteiger partial charge on any atom is -0.436 e. The smallest absolute Gasteiger partial charge is 0.238 e. The van der Waals surface area contributed by atoms with Crippen LogP contribution in [0.5, 0.6) is 11.6 Å². The fourth-order valence-electron chi connectivity index (χ4n) is 1.32. The van der Waals surface area contributed by atoms with Gasteiger partial charge in [-0.05, 0) is 24.5 Å². The van der Waals surface area contributed by atoms with Crippen LogP contribution >= 0.6 is 23.4 Å². The second kappa shape index (κ2) is 5.29. The molecule has 1 aromatic carbocycles. The van der Waals surface area contributed by atoms with Crippen molar-refractivity contribution >= 4 is 29.1 Å². The predicted molar refractivity (Wildman–Crippen MR) is 72.0 cm³/mol. The van der Waals surface area contributed by atoms with Crippen LogP contribution in [0.3, 0.4) is 0 Å². The molecule has 0 bridgehead atoms. The first-order valence-corrected chi connectivity index (χ1v) is 6.53. The van der Waals surface area contributed by atoms with Crippen molar-refractivity contribution in [2.24, 2.45) is 0 Å². The average molecular weight is 267 g/mol. The molecule has 0 unspecified atom stereocenters. The first kappa shape index (κ1) is 12.1. The fourth-order valence-corrected chi connectivity index (χ4v) is 2.06. The molecule has 17 heavy (non-hydrogen) atoms. The Morgan fingerprint density at radius 3 is 2.82 bits per heavy atom. The van der Waals surface area contributed by atoms with E-state index in [1.54, 1.807) is 17.8 Å². The number of para-hydroxylation sites is 1. The third kappa shape index (κ3) is 2.84. The van der Waals surface area contributed by atoms with Gasteiger partial charge in [-0.1, -0.05) is 23.7 Å². The number of halogens is 1. The molecule has 0 spiro atoms. The Hall–Kier alpha value is -1.39. The van der Waals surface area contributed by atoms with Crippen LogP contribution in [0.4, 0.5) is 5.69 Å². The Kier molecular flexibility index (Phi) is 3.76. The van der Waals surface area contributed by atoms with Crippen LogP contribution in [0, 0.1) is 0 Å². The summed E-state index contributed by atoms with van der Waals surface area (Å²) in [6.07, 6.45) is 3.50. The molecule has 0 atom stereocenters. The molecule has 5 heteroatoms. The molecule has 0 fully saturated rings. The van der Waals surface area contributed by atoms with Crippen molar-refractivity contribution in [3.8, 4) is 11.6 Å². The van der Waals surface area contributed by atoms with Gasteiger partial charge in [0, 0.05) is 4.90 Å². The number of pyridine rings is 1. The Morgan fingerprint density at radius 2 is 2.12 bits per heavy atom. The van der Waals surface area contributed by atoms with Crippen molar-refractivity contribution in [2.45, 2.75) is 4.90 Å². The zero-order valence-corrected chi connectivity index (χ0v) is 10.8. The maximum atomic E-state index is 6.00. The molecule has 1 heterocycles. The van der Waals surface area contributed by atoms with Crippen molar-refractivity contribution in [2.75, 3.05) is 12.0 Å². The van der Waals surface area contributed by atoms with E-state index >= 15 is 0 Å². The van der Waals surface area contributed by atoms with Gasteiger partial charge in [0.25, 0.3) is 0 Å². The molecular weight excluding hydrogens is 256 g/mol. The molecule has 0 radical (unpaired) electrons. The van der Waals surface area contributed by atoms with Crippen LogP contribution in [-0.4, -0.2) is 11.2 Å². The fraction of sp³-hybridized carbons (Fsp3) is 0.0833. The average Bonchev–Trinajstić information content (AvgIpc) is 2.33. The number of benzene rings is 1. The summed E-state index contributed by atoms with van der Waals surface area (Å²) in [5.41, 5.74) is 6.08. The molecule has 2 N–H and O–H groups in total. The van der Waals surface area contributed by atoms with Gasteiger partial charge in [0.2, 0.25) is 5.88 Å². The van der Waals surface area contributed by atoms with E-state index in [4.69, 9.17) is 22.1 Å². The Bertz CT molecular complexity index is 534. The van der Waals surface area contributed by atoms with Crippen LogP contribution in [-0.2, 0) is 0 Å². The van der Waals surface area contributed by atoms with E-state index in [-0.39, 0.29) is 0 Å². The molecule has 0 aliphatic rings. The number of anilines is 1. The van der Waals surface area contributed by atoms with E-state index in [0.29, 0.717) is 16.6 Å². The number of rotatable bonds is 3. The third-order valence-corrected chi connectivity index (χ3v) is 3.15. The summed E-state index contributed by atoms with van der Waals surface area (Å²) in [5.74, 6) is 1.10. The zero-order valence-electron chi connectivity index (χ0n) is 9.18. The van der Waals surface area contributed by atoms with Crippen LogP contribution in [0.2, 0.25) is 5.02 Å². The van der Waals surface area contributed by atoms with Crippen molar-refractivity contribution in [3.05, 3.63) is 41.6 Å². The largest absolute Gasteiger partial charge is 0.436 e. The van der Waals surface area contributed by atoms with Crippen molar-refractivity contribution < 1.29 is 4.74 Å². The van der Waals surface area contributed by atoms with Crippen LogP contribution < -0.4 is 10.5 Å². The van der Waals surface area contributed by atoms with Crippen LogP contribution in [0.1, 0.15) is 0 Å². The van der Waals surface area contributed by atoms with Crippen molar-refractivity contribution in [1.29, 1.82) is 0 Å². The lowest BCUT2D eigenvalue weighted by Crippen LogP contribution is -1.93. The van der Waals surface area contributed by atoms with Gasteiger partial charge in [-0.15, -0.1) is 11.8 Å². The summed E-state index contributed by atoms with van der Waals surface area (Å²) < 4.78 is 5.67. The highest BCUT2D eigenvalue weighted by atomic mass is 35.5. The third-order valence-electron chi connectivity index (χ3n) is 2.10. The zero-order chi connectivity index (χ0) is 12.3. The highest BCUT2D eigenvalue weighted by Gasteiger charge is 2.08. The van der Waals surface area contributed by atoms with Crippen molar-refractivity contribution in [1.82, 2.24) is 4.98 Å². The minimum absolute atomic E-state index is 0.363. The van der Waals surface area contributed by atoms with Crippen LogP contribution in [0.15, 0.2) is 41.4 Å². The Balaban J connectivity index is 2.31. The first-order chi connectivity index (χ1) is 8.20. The van der Waals surface area contributed by atoms with Crippen molar-refractivity contribution in [3.63, 3.8) is 0 Å². The number of thioether (sulfide) groups is 1. The van der Waals surface area contributed by atoms with Gasteiger partial charge >= 0.3 is 0 Å². The van der Waals surface area contributed by atoms with Gasteiger partial charge in [-0.25, -0.2) is 4.98 Å². The summed E-state index contributed by atoms with van der Waals surface area (Å²) in [5, 5.41) is 0.404. The molecule has 3 nitrogen and oxygen atoms in total. The maximum Gasteiger partial charge on any atom is 0.238 e. The number of ether oxygens (including phenoxy) is 1. The quantitative estimate of drug-likeness (QED) is 0.858. The lowest BCUT2D eigenvalue weighted by atomic mass is 10.3. The highest BCUT2D eigenvalue weighted by Crippen LogP contribution is 2.33. The number of nitrogens with two attached hydrogens (primary N) is 1. The molecule has 88 valence electrons. The number of hydrogen-bond acceptors (Lipinski definition) is 4. The van der Waals surface area contributed by atoms with Crippen LogP contribution in [0.25, 0.3) is 0 Å². The normalized spacial score (nSPS) is 10.2. The van der Waals surface area contributed by atoms with E-state index in [2.05, 4.69) is 4.98 Å². The van der Waals surface area contributed by atoms with Gasteiger partial charge in [-0.3, -0.25) is 0 Å².